The van der Waals surface area contributed by atoms with E-state index in [-0.39, 0.29) is 11.8 Å². The van der Waals surface area contributed by atoms with E-state index in [0.29, 0.717) is 15.8 Å². The van der Waals surface area contributed by atoms with Crippen LogP contribution in [0.5, 0.6) is 0 Å². The first kappa shape index (κ1) is 20.2. The first-order valence-electron chi connectivity index (χ1n) is 8.84. The van der Waals surface area contributed by atoms with Gasteiger partial charge in [0, 0.05) is 39.5 Å². The number of nitrogens with zero attached hydrogens (tertiary/aromatic N) is 2. The predicted octanol–water partition coefficient (Wildman–Crippen LogP) is 5.80. The van der Waals surface area contributed by atoms with E-state index in [1.54, 1.807) is 17.5 Å². The molecule has 0 aliphatic carbocycles. The highest BCUT2D eigenvalue weighted by Gasteiger charge is 2.14. The Morgan fingerprint density at radius 2 is 1.57 bits per heavy atom. The van der Waals surface area contributed by atoms with E-state index in [0.717, 1.165) is 27.5 Å². The summed E-state index contributed by atoms with van der Waals surface area (Å²) in [5, 5.41) is 11.0. The maximum atomic E-state index is 12.5. The van der Waals surface area contributed by atoms with Crippen molar-refractivity contribution in [2.24, 2.45) is 0 Å². The molecule has 0 bridgehead atoms. The largest absolute Gasteiger partial charge is 0.326 e. The predicted molar refractivity (Wildman–Crippen MR) is 122 cm³/mol. The SMILES string of the molecule is CC(=O)Nc1ccc(-c2csc(NC(=O)c3csc(-c4ccc(Cl)cc4)n3)n2)cc1. The van der Waals surface area contributed by atoms with Gasteiger partial charge in [-0.15, -0.1) is 22.7 Å². The van der Waals surface area contributed by atoms with E-state index in [1.165, 1.54) is 29.6 Å². The Morgan fingerprint density at radius 3 is 2.27 bits per heavy atom. The molecule has 0 spiro atoms. The Hall–Kier alpha value is -3.07. The highest BCUT2D eigenvalue weighted by Crippen LogP contribution is 2.28. The van der Waals surface area contributed by atoms with Gasteiger partial charge in [-0.05, 0) is 24.3 Å². The van der Waals surface area contributed by atoms with Crippen molar-refractivity contribution in [1.29, 1.82) is 0 Å². The highest BCUT2D eigenvalue weighted by atomic mass is 35.5. The zero-order valence-corrected chi connectivity index (χ0v) is 18.1. The van der Waals surface area contributed by atoms with Crippen molar-refractivity contribution in [3.05, 3.63) is 70.0 Å². The summed E-state index contributed by atoms with van der Waals surface area (Å²) in [5.41, 5.74) is 3.59. The molecule has 4 rings (SSSR count). The van der Waals surface area contributed by atoms with Gasteiger partial charge in [-0.2, -0.15) is 0 Å². The first-order valence-corrected chi connectivity index (χ1v) is 11.0. The van der Waals surface area contributed by atoms with E-state index in [1.807, 2.05) is 41.8 Å². The molecule has 0 fully saturated rings. The Morgan fingerprint density at radius 1 is 0.867 bits per heavy atom. The minimum Gasteiger partial charge on any atom is -0.326 e. The van der Waals surface area contributed by atoms with Crippen molar-refractivity contribution in [3.63, 3.8) is 0 Å². The van der Waals surface area contributed by atoms with Gasteiger partial charge in [-0.25, -0.2) is 9.97 Å². The quantitative estimate of drug-likeness (QED) is 0.399. The number of thiazole rings is 2. The fourth-order valence-electron chi connectivity index (χ4n) is 2.66. The number of carbonyl (C=O) groups excluding carboxylic acids is 2. The molecule has 0 saturated heterocycles. The molecule has 4 aromatic rings. The van der Waals surface area contributed by atoms with Crippen LogP contribution in [0.1, 0.15) is 17.4 Å². The average molecular weight is 455 g/mol. The molecule has 0 unspecified atom stereocenters. The molecular formula is C21H15ClN4O2S2. The highest BCUT2D eigenvalue weighted by molar-refractivity contribution is 7.14. The van der Waals surface area contributed by atoms with Crippen LogP contribution in [-0.4, -0.2) is 21.8 Å². The number of amides is 2. The molecule has 30 heavy (non-hydrogen) atoms. The Balaban J connectivity index is 1.44. The molecule has 9 heteroatoms. The van der Waals surface area contributed by atoms with Crippen LogP contribution in [0.4, 0.5) is 10.8 Å². The molecule has 2 aromatic heterocycles. The fraction of sp³-hybridized carbons (Fsp3) is 0.0476. The van der Waals surface area contributed by atoms with Crippen LogP contribution < -0.4 is 10.6 Å². The van der Waals surface area contributed by atoms with E-state index >= 15 is 0 Å². The van der Waals surface area contributed by atoms with Crippen molar-refractivity contribution in [2.45, 2.75) is 6.92 Å². The number of rotatable bonds is 5. The van der Waals surface area contributed by atoms with E-state index in [4.69, 9.17) is 11.6 Å². The lowest BCUT2D eigenvalue weighted by Gasteiger charge is -2.02. The van der Waals surface area contributed by atoms with Crippen LogP contribution in [0, 0.1) is 0 Å². The van der Waals surface area contributed by atoms with Gasteiger partial charge in [-0.1, -0.05) is 35.9 Å². The van der Waals surface area contributed by atoms with Gasteiger partial charge in [0.05, 0.1) is 5.69 Å². The van der Waals surface area contributed by atoms with Crippen molar-refractivity contribution in [3.8, 4) is 21.8 Å². The monoisotopic (exact) mass is 454 g/mol. The summed E-state index contributed by atoms with van der Waals surface area (Å²) < 4.78 is 0. The van der Waals surface area contributed by atoms with Crippen LogP contribution in [0.25, 0.3) is 21.8 Å². The third-order valence-electron chi connectivity index (χ3n) is 4.05. The summed E-state index contributed by atoms with van der Waals surface area (Å²) in [5.74, 6) is -0.434. The van der Waals surface area contributed by atoms with E-state index in [2.05, 4.69) is 20.6 Å². The molecule has 2 N–H and O–H groups in total. The van der Waals surface area contributed by atoms with Gasteiger partial charge >= 0.3 is 0 Å². The molecule has 150 valence electrons. The van der Waals surface area contributed by atoms with Gasteiger partial charge < -0.3 is 5.32 Å². The summed E-state index contributed by atoms with van der Waals surface area (Å²) in [6, 6.07) is 14.7. The Labute approximate surface area is 185 Å². The maximum absolute atomic E-state index is 12.5. The van der Waals surface area contributed by atoms with E-state index < -0.39 is 0 Å². The summed E-state index contributed by atoms with van der Waals surface area (Å²) in [6.45, 7) is 1.46. The number of benzene rings is 2. The topological polar surface area (TPSA) is 84.0 Å². The molecule has 2 heterocycles. The zero-order valence-electron chi connectivity index (χ0n) is 15.7. The number of hydrogen-bond donors (Lipinski definition) is 2. The average Bonchev–Trinajstić information content (AvgIpc) is 3.39. The normalized spacial score (nSPS) is 10.6. The summed E-state index contributed by atoms with van der Waals surface area (Å²) >= 11 is 8.64. The molecule has 6 nitrogen and oxygen atoms in total. The van der Waals surface area contributed by atoms with Crippen LogP contribution in [0.2, 0.25) is 5.02 Å². The molecule has 0 radical (unpaired) electrons. The molecule has 0 aliphatic heterocycles. The number of aromatic nitrogens is 2. The third-order valence-corrected chi connectivity index (χ3v) is 5.95. The van der Waals surface area contributed by atoms with Gasteiger partial charge in [0.15, 0.2) is 5.13 Å². The molecule has 0 aliphatic rings. The lowest BCUT2D eigenvalue weighted by atomic mass is 10.1. The lowest BCUT2D eigenvalue weighted by Crippen LogP contribution is -2.12. The fourth-order valence-corrected chi connectivity index (χ4v) is 4.30. The van der Waals surface area contributed by atoms with Gasteiger partial charge in [-0.3, -0.25) is 14.9 Å². The number of hydrogen-bond acceptors (Lipinski definition) is 6. The number of carbonyl (C=O) groups is 2. The molecule has 0 atom stereocenters. The van der Waals surface area contributed by atoms with Gasteiger partial charge in [0.25, 0.3) is 5.91 Å². The van der Waals surface area contributed by atoms with Crippen LogP contribution in [0.3, 0.4) is 0 Å². The maximum Gasteiger partial charge on any atom is 0.276 e. The van der Waals surface area contributed by atoms with Crippen LogP contribution in [0.15, 0.2) is 59.3 Å². The Bertz CT molecular complexity index is 1200. The zero-order chi connectivity index (χ0) is 21.1. The second-order valence-electron chi connectivity index (χ2n) is 6.30. The summed E-state index contributed by atoms with van der Waals surface area (Å²) in [4.78, 5) is 32.5. The van der Waals surface area contributed by atoms with Crippen molar-refractivity contribution in [2.75, 3.05) is 10.6 Å². The van der Waals surface area contributed by atoms with Gasteiger partial charge in [0.2, 0.25) is 5.91 Å². The number of anilines is 2. The van der Waals surface area contributed by atoms with Crippen molar-refractivity contribution >= 4 is 56.9 Å². The third kappa shape index (κ3) is 4.73. The molecular weight excluding hydrogens is 440 g/mol. The van der Waals surface area contributed by atoms with E-state index in [9.17, 15) is 9.59 Å². The van der Waals surface area contributed by atoms with Crippen LogP contribution >= 0.6 is 34.3 Å². The molecule has 0 saturated carbocycles. The second kappa shape index (κ2) is 8.74. The van der Waals surface area contributed by atoms with Crippen LogP contribution in [-0.2, 0) is 4.79 Å². The number of nitrogens with one attached hydrogen (secondary N) is 2. The van der Waals surface area contributed by atoms with Gasteiger partial charge in [0.1, 0.15) is 10.7 Å². The summed E-state index contributed by atoms with van der Waals surface area (Å²) in [7, 11) is 0. The smallest absolute Gasteiger partial charge is 0.276 e. The first-order chi connectivity index (χ1) is 14.5. The van der Waals surface area contributed by atoms with Crippen molar-refractivity contribution < 1.29 is 9.59 Å². The standard InChI is InChI=1S/C21H15ClN4O2S2/c1-12(27)23-16-8-4-13(5-9-16)17-10-30-21(25-17)26-19(28)18-11-29-20(24-18)14-2-6-15(22)7-3-14/h2-11H,1H3,(H,23,27)(H,25,26,28). The lowest BCUT2D eigenvalue weighted by molar-refractivity contribution is -0.114. The second-order valence-corrected chi connectivity index (χ2v) is 8.45. The minimum atomic E-state index is -0.312. The van der Waals surface area contributed by atoms with Crippen molar-refractivity contribution in [1.82, 2.24) is 9.97 Å². The summed E-state index contributed by atoms with van der Waals surface area (Å²) in [6.07, 6.45) is 0. The molecule has 2 aromatic carbocycles. The molecule has 2 amide bonds. The Kier molecular flexibility index (Phi) is 5.89. The number of halogens is 1. The minimum absolute atomic E-state index is 0.123.